The van der Waals surface area contributed by atoms with E-state index in [2.05, 4.69) is 15.9 Å². The van der Waals surface area contributed by atoms with E-state index >= 15 is 0 Å². The van der Waals surface area contributed by atoms with E-state index in [9.17, 15) is 4.79 Å². The van der Waals surface area contributed by atoms with Gasteiger partial charge in [-0.3, -0.25) is 4.79 Å². The lowest BCUT2D eigenvalue weighted by atomic mass is 10.1. The van der Waals surface area contributed by atoms with Crippen molar-refractivity contribution < 1.29 is 9.53 Å². The zero-order valence-corrected chi connectivity index (χ0v) is 10.8. The van der Waals surface area contributed by atoms with Gasteiger partial charge in [-0.2, -0.15) is 0 Å². The third-order valence-corrected chi connectivity index (χ3v) is 2.77. The molecule has 15 heavy (non-hydrogen) atoms. The van der Waals surface area contributed by atoms with Crippen LogP contribution in [0, 0.1) is 0 Å². The first-order chi connectivity index (χ1) is 7.00. The van der Waals surface area contributed by atoms with Crippen LogP contribution >= 0.6 is 15.9 Å². The Bertz CT molecular complexity index is 359. The van der Waals surface area contributed by atoms with E-state index in [1.54, 1.807) is 6.92 Å². The average Bonchev–Trinajstić information content (AvgIpc) is 2.15. The minimum absolute atomic E-state index is 0.0760. The molecule has 0 aromatic heterocycles. The summed E-state index contributed by atoms with van der Waals surface area (Å²) in [4.78, 5) is 11.1. The number of benzene rings is 1. The molecule has 0 radical (unpaired) electrons. The first kappa shape index (κ1) is 12.4. The molecule has 0 bridgehead atoms. The number of halogens is 1. The Hall–Kier alpha value is -0.670. The summed E-state index contributed by atoms with van der Waals surface area (Å²) in [5, 5.41) is 0. The first-order valence-electron chi connectivity index (χ1n) is 4.91. The predicted octanol–water partition coefficient (Wildman–Crippen LogP) is 3.58. The molecule has 0 amide bonds. The number of Topliss-reactive ketones (excluding diaryl/α,β-unsaturated/α-hetero) is 1. The highest BCUT2D eigenvalue weighted by Gasteiger charge is 2.05. The maximum absolute atomic E-state index is 11.1. The molecule has 0 heterocycles. The van der Waals surface area contributed by atoms with Crippen LogP contribution in [0.1, 0.15) is 36.7 Å². The number of ketones is 1. The topological polar surface area (TPSA) is 26.3 Å². The van der Waals surface area contributed by atoms with Gasteiger partial charge in [0.25, 0.3) is 0 Å². The second-order valence-corrected chi connectivity index (χ2v) is 4.58. The summed E-state index contributed by atoms with van der Waals surface area (Å²) in [5.41, 5.74) is 1.78. The minimum Gasteiger partial charge on any atom is -0.374 e. The summed E-state index contributed by atoms with van der Waals surface area (Å²) >= 11 is 3.43. The molecule has 0 atom stereocenters. The smallest absolute Gasteiger partial charge is 0.159 e. The van der Waals surface area contributed by atoms with Crippen LogP contribution in [0.5, 0.6) is 0 Å². The van der Waals surface area contributed by atoms with Crippen LogP contribution in [0.3, 0.4) is 0 Å². The summed E-state index contributed by atoms with van der Waals surface area (Å²) in [7, 11) is 0. The van der Waals surface area contributed by atoms with Gasteiger partial charge in [-0.05, 0) is 32.4 Å². The van der Waals surface area contributed by atoms with Gasteiger partial charge >= 0.3 is 0 Å². The Morgan fingerprint density at radius 2 is 2.13 bits per heavy atom. The number of hydrogen-bond donors (Lipinski definition) is 0. The monoisotopic (exact) mass is 270 g/mol. The number of ether oxygens (including phenoxy) is 1. The number of carbonyl (C=O) groups is 1. The first-order valence-corrected chi connectivity index (χ1v) is 5.71. The van der Waals surface area contributed by atoms with Gasteiger partial charge in [-0.15, -0.1) is 0 Å². The fourth-order valence-electron chi connectivity index (χ4n) is 1.14. The molecule has 0 spiro atoms. The van der Waals surface area contributed by atoms with Crippen LogP contribution in [-0.4, -0.2) is 11.9 Å². The standard InChI is InChI=1S/C12H15BrO2/c1-8(2)15-7-11-5-4-10(9(3)14)6-12(11)13/h4-6,8H,7H2,1-3H3. The van der Waals surface area contributed by atoms with E-state index in [1.807, 2.05) is 32.0 Å². The largest absolute Gasteiger partial charge is 0.374 e. The molecule has 2 nitrogen and oxygen atoms in total. The number of carbonyl (C=O) groups excluding carboxylic acids is 1. The van der Waals surface area contributed by atoms with Crippen molar-refractivity contribution in [2.75, 3.05) is 0 Å². The summed E-state index contributed by atoms with van der Waals surface area (Å²) < 4.78 is 6.42. The van der Waals surface area contributed by atoms with Crippen LogP contribution in [-0.2, 0) is 11.3 Å². The normalized spacial score (nSPS) is 10.7. The van der Waals surface area contributed by atoms with Gasteiger partial charge in [0.15, 0.2) is 5.78 Å². The summed E-state index contributed by atoms with van der Waals surface area (Å²) in [5.74, 6) is 0.0760. The van der Waals surface area contributed by atoms with E-state index in [4.69, 9.17) is 4.74 Å². The van der Waals surface area contributed by atoms with Crippen molar-refractivity contribution in [3.8, 4) is 0 Å². The molecule has 0 aliphatic carbocycles. The van der Waals surface area contributed by atoms with Crippen molar-refractivity contribution in [1.29, 1.82) is 0 Å². The Morgan fingerprint density at radius 1 is 1.47 bits per heavy atom. The Kier molecular flexibility index (Phi) is 4.48. The molecule has 0 saturated heterocycles. The van der Waals surface area contributed by atoms with E-state index in [-0.39, 0.29) is 11.9 Å². The second-order valence-electron chi connectivity index (χ2n) is 3.72. The van der Waals surface area contributed by atoms with Crippen LogP contribution in [0.2, 0.25) is 0 Å². The van der Waals surface area contributed by atoms with E-state index in [0.717, 1.165) is 15.6 Å². The Morgan fingerprint density at radius 3 is 2.60 bits per heavy atom. The second kappa shape index (κ2) is 5.42. The van der Waals surface area contributed by atoms with Crippen LogP contribution in [0.25, 0.3) is 0 Å². The van der Waals surface area contributed by atoms with Crippen molar-refractivity contribution in [3.05, 3.63) is 33.8 Å². The van der Waals surface area contributed by atoms with E-state index in [0.29, 0.717) is 6.61 Å². The van der Waals surface area contributed by atoms with Gasteiger partial charge in [-0.25, -0.2) is 0 Å². The molecule has 0 aliphatic rings. The maximum Gasteiger partial charge on any atom is 0.159 e. The van der Waals surface area contributed by atoms with Crippen molar-refractivity contribution >= 4 is 21.7 Å². The quantitative estimate of drug-likeness (QED) is 0.782. The molecular weight excluding hydrogens is 256 g/mol. The molecule has 1 aromatic carbocycles. The van der Waals surface area contributed by atoms with Crippen molar-refractivity contribution in [1.82, 2.24) is 0 Å². The van der Waals surface area contributed by atoms with Gasteiger partial charge in [0.1, 0.15) is 0 Å². The Labute approximate surface area is 98.8 Å². The highest BCUT2D eigenvalue weighted by molar-refractivity contribution is 9.10. The van der Waals surface area contributed by atoms with Gasteiger partial charge < -0.3 is 4.74 Å². The third-order valence-electron chi connectivity index (χ3n) is 2.03. The molecule has 0 saturated carbocycles. The maximum atomic E-state index is 11.1. The zero-order valence-electron chi connectivity index (χ0n) is 9.21. The average molecular weight is 271 g/mol. The predicted molar refractivity (Wildman–Crippen MR) is 64.1 cm³/mol. The zero-order chi connectivity index (χ0) is 11.4. The number of rotatable bonds is 4. The van der Waals surface area contributed by atoms with Crippen molar-refractivity contribution in [2.45, 2.75) is 33.5 Å². The molecule has 0 N–H and O–H groups in total. The van der Waals surface area contributed by atoms with Crippen molar-refractivity contribution in [2.24, 2.45) is 0 Å². The SMILES string of the molecule is CC(=O)c1ccc(COC(C)C)c(Br)c1. The van der Waals surface area contributed by atoms with E-state index in [1.165, 1.54) is 0 Å². The molecule has 3 heteroatoms. The molecule has 1 aromatic rings. The highest BCUT2D eigenvalue weighted by Crippen LogP contribution is 2.20. The van der Waals surface area contributed by atoms with Gasteiger partial charge in [0.05, 0.1) is 12.7 Å². The van der Waals surface area contributed by atoms with Crippen LogP contribution in [0.15, 0.2) is 22.7 Å². The third kappa shape index (κ3) is 3.76. The fourth-order valence-corrected chi connectivity index (χ4v) is 1.63. The minimum atomic E-state index is 0.0760. The molecule has 0 unspecified atom stereocenters. The van der Waals surface area contributed by atoms with Crippen molar-refractivity contribution in [3.63, 3.8) is 0 Å². The molecular formula is C12H15BrO2. The molecule has 82 valence electrons. The van der Waals surface area contributed by atoms with Gasteiger partial charge in [0, 0.05) is 10.0 Å². The lowest BCUT2D eigenvalue weighted by Crippen LogP contribution is -2.03. The Balaban J connectivity index is 2.79. The lowest BCUT2D eigenvalue weighted by Gasteiger charge is -2.09. The van der Waals surface area contributed by atoms with Crippen LogP contribution < -0.4 is 0 Å². The lowest BCUT2D eigenvalue weighted by molar-refractivity contribution is 0.0653. The highest BCUT2D eigenvalue weighted by atomic mass is 79.9. The fraction of sp³-hybridized carbons (Fsp3) is 0.417. The molecule has 0 fully saturated rings. The van der Waals surface area contributed by atoms with Gasteiger partial charge in [0.2, 0.25) is 0 Å². The summed E-state index contributed by atoms with van der Waals surface area (Å²) in [6.45, 7) is 6.12. The molecule has 1 rings (SSSR count). The summed E-state index contributed by atoms with van der Waals surface area (Å²) in [6.07, 6.45) is 0.212. The summed E-state index contributed by atoms with van der Waals surface area (Å²) in [6, 6.07) is 5.58. The van der Waals surface area contributed by atoms with Crippen LogP contribution in [0.4, 0.5) is 0 Å². The van der Waals surface area contributed by atoms with Gasteiger partial charge in [-0.1, -0.05) is 28.1 Å². The van der Waals surface area contributed by atoms with E-state index < -0.39 is 0 Å². The molecule has 0 aliphatic heterocycles. The number of hydrogen-bond acceptors (Lipinski definition) is 2.